The number of halogens is 1. The lowest BCUT2D eigenvalue weighted by molar-refractivity contribution is -0.134. The van der Waals surface area contributed by atoms with E-state index >= 15 is 0 Å². The van der Waals surface area contributed by atoms with E-state index in [0.717, 1.165) is 32.4 Å². The van der Waals surface area contributed by atoms with Crippen LogP contribution in [0.2, 0.25) is 0 Å². The molecule has 0 aromatic heterocycles. The lowest BCUT2D eigenvalue weighted by atomic mass is 10.1. The molecule has 2 rings (SSSR count). The molecule has 1 fully saturated rings. The van der Waals surface area contributed by atoms with Crippen LogP contribution in [0, 0.1) is 5.82 Å². The lowest BCUT2D eigenvalue weighted by Crippen LogP contribution is -2.38. The van der Waals surface area contributed by atoms with Gasteiger partial charge in [0.25, 0.3) is 5.91 Å². The van der Waals surface area contributed by atoms with Crippen molar-refractivity contribution in [3.63, 3.8) is 0 Å². The van der Waals surface area contributed by atoms with Gasteiger partial charge in [0, 0.05) is 13.1 Å². The highest BCUT2D eigenvalue weighted by molar-refractivity contribution is 5.77. The number of rotatable bonds is 4. The Morgan fingerprint density at radius 2 is 2.05 bits per heavy atom. The second-order valence-electron chi connectivity index (χ2n) is 4.65. The van der Waals surface area contributed by atoms with Crippen LogP contribution in [0.25, 0.3) is 0 Å². The molecule has 1 heterocycles. The van der Waals surface area contributed by atoms with E-state index in [0.29, 0.717) is 5.56 Å². The van der Waals surface area contributed by atoms with Gasteiger partial charge in [0.05, 0.1) is 6.61 Å². The molecule has 1 aromatic rings. The number of hydrogen-bond donors (Lipinski definition) is 1. The summed E-state index contributed by atoms with van der Waals surface area (Å²) in [6, 6.07) is 4.22. The first-order valence-electron chi connectivity index (χ1n) is 6.50. The highest BCUT2D eigenvalue weighted by atomic mass is 19.1. The first-order valence-corrected chi connectivity index (χ1v) is 6.50. The Balaban J connectivity index is 1.89. The maximum absolute atomic E-state index is 13.6. The maximum Gasteiger partial charge on any atom is 0.260 e. The molecule has 0 saturated carbocycles. The fourth-order valence-corrected chi connectivity index (χ4v) is 2.13. The lowest BCUT2D eigenvalue weighted by Gasteiger charge is -2.26. The quantitative estimate of drug-likeness (QED) is 0.903. The number of carbonyl (C=O) groups is 1. The summed E-state index contributed by atoms with van der Waals surface area (Å²) in [4.78, 5) is 13.6. The van der Waals surface area contributed by atoms with E-state index < -0.39 is 5.82 Å². The van der Waals surface area contributed by atoms with Crippen molar-refractivity contribution in [2.45, 2.75) is 25.9 Å². The number of nitrogens with zero attached hydrogens (tertiary/aromatic N) is 1. The van der Waals surface area contributed by atoms with Crippen LogP contribution < -0.4 is 4.74 Å². The van der Waals surface area contributed by atoms with Gasteiger partial charge in [-0.2, -0.15) is 0 Å². The highest BCUT2D eigenvalue weighted by Gasteiger charge is 2.17. The summed E-state index contributed by atoms with van der Waals surface area (Å²) >= 11 is 0. The van der Waals surface area contributed by atoms with E-state index in [1.165, 1.54) is 12.1 Å². The first-order chi connectivity index (χ1) is 9.20. The molecular weight excluding hydrogens is 249 g/mol. The summed E-state index contributed by atoms with van der Waals surface area (Å²) in [6.07, 6.45) is 3.19. The number of aliphatic hydroxyl groups excluding tert-OH is 1. The fourth-order valence-electron chi connectivity index (χ4n) is 2.13. The summed E-state index contributed by atoms with van der Waals surface area (Å²) in [5.41, 5.74) is 0.479. The zero-order valence-electron chi connectivity index (χ0n) is 10.8. The summed E-state index contributed by atoms with van der Waals surface area (Å²) in [6.45, 7) is 1.15. The van der Waals surface area contributed by atoms with Crippen molar-refractivity contribution in [2.24, 2.45) is 0 Å². The number of amides is 1. The molecule has 0 bridgehead atoms. The van der Waals surface area contributed by atoms with Crippen LogP contribution in [0.15, 0.2) is 18.2 Å². The van der Waals surface area contributed by atoms with E-state index in [1.54, 1.807) is 11.0 Å². The van der Waals surface area contributed by atoms with E-state index in [1.807, 2.05) is 0 Å². The Kier molecular flexibility index (Phi) is 4.74. The third-order valence-corrected chi connectivity index (χ3v) is 3.24. The molecular formula is C14H18FNO3. The molecule has 19 heavy (non-hydrogen) atoms. The third-order valence-electron chi connectivity index (χ3n) is 3.24. The molecule has 0 spiro atoms. The molecule has 1 aliphatic heterocycles. The van der Waals surface area contributed by atoms with Crippen LogP contribution >= 0.6 is 0 Å². The number of piperidine rings is 1. The molecule has 1 aromatic carbocycles. The second kappa shape index (κ2) is 6.52. The average molecular weight is 267 g/mol. The topological polar surface area (TPSA) is 49.8 Å². The van der Waals surface area contributed by atoms with Gasteiger partial charge >= 0.3 is 0 Å². The molecule has 0 atom stereocenters. The molecule has 104 valence electrons. The number of carbonyl (C=O) groups excluding carboxylic acids is 1. The predicted octanol–water partition coefficient (Wildman–Crippen LogP) is 1.71. The average Bonchev–Trinajstić information content (AvgIpc) is 2.46. The van der Waals surface area contributed by atoms with E-state index in [2.05, 4.69) is 0 Å². The van der Waals surface area contributed by atoms with Gasteiger partial charge < -0.3 is 14.7 Å². The van der Waals surface area contributed by atoms with Gasteiger partial charge in [-0.05, 0) is 37.0 Å². The standard InChI is InChI=1S/C14H18FNO3/c15-12-8-11(9-17)4-5-13(12)19-10-14(18)16-6-2-1-3-7-16/h4-5,8,17H,1-3,6-7,9-10H2. The molecule has 5 heteroatoms. The molecule has 0 aliphatic carbocycles. The Morgan fingerprint density at radius 3 is 2.68 bits per heavy atom. The van der Waals surface area contributed by atoms with Crippen LogP contribution in [0.5, 0.6) is 5.75 Å². The van der Waals surface area contributed by atoms with Gasteiger partial charge in [0.2, 0.25) is 0 Å². The summed E-state index contributed by atoms with van der Waals surface area (Å²) < 4.78 is 18.8. The number of likely N-dealkylation sites (tertiary alicyclic amines) is 1. The van der Waals surface area contributed by atoms with Crippen molar-refractivity contribution < 1.29 is 19.0 Å². The zero-order valence-corrected chi connectivity index (χ0v) is 10.8. The minimum absolute atomic E-state index is 0.0440. The zero-order chi connectivity index (χ0) is 13.7. The Labute approximate surface area is 111 Å². The van der Waals surface area contributed by atoms with Crippen LogP contribution in [0.4, 0.5) is 4.39 Å². The van der Waals surface area contributed by atoms with Gasteiger partial charge in [-0.15, -0.1) is 0 Å². The number of benzene rings is 1. The Morgan fingerprint density at radius 1 is 1.32 bits per heavy atom. The SMILES string of the molecule is O=C(COc1ccc(CO)cc1F)N1CCCCC1. The van der Waals surface area contributed by atoms with Crippen LogP contribution in [-0.4, -0.2) is 35.6 Å². The Bertz CT molecular complexity index is 444. The molecule has 1 saturated heterocycles. The van der Waals surface area contributed by atoms with Crippen molar-refractivity contribution in [3.05, 3.63) is 29.6 Å². The minimum atomic E-state index is -0.557. The van der Waals surface area contributed by atoms with Gasteiger partial charge in [-0.1, -0.05) is 6.07 Å². The van der Waals surface area contributed by atoms with Crippen molar-refractivity contribution in [3.8, 4) is 5.75 Å². The van der Waals surface area contributed by atoms with Crippen molar-refractivity contribution in [1.82, 2.24) is 4.90 Å². The number of hydrogen-bond acceptors (Lipinski definition) is 3. The molecule has 1 aliphatic rings. The third kappa shape index (κ3) is 3.67. The normalized spacial score (nSPS) is 15.4. The smallest absolute Gasteiger partial charge is 0.260 e. The van der Waals surface area contributed by atoms with Gasteiger partial charge in [0.1, 0.15) is 0 Å². The molecule has 1 amide bonds. The van der Waals surface area contributed by atoms with Crippen molar-refractivity contribution in [2.75, 3.05) is 19.7 Å². The van der Waals surface area contributed by atoms with E-state index in [-0.39, 0.29) is 24.9 Å². The Hall–Kier alpha value is -1.62. The molecule has 0 unspecified atom stereocenters. The summed E-state index contributed by atoms with van der Waals surface area (Å²) in [7, 11) is 0. The highest BCUT2D eigenvalue weighted by Crippen LogP contribution is 2.18. The van der Waals surface area contributed by atoms with Gasteiger partial charge in [0.15, 0.2) is 18.2 Å². The maximum atomic E-state index is 13.6. The van der Waals surface area contributed by atoms with E-state index in [9.17, 15) is 9.18 Å². The molecule has 1 N–H and O–H groups in total. The largest absolute Gasteiger partial charge is 0.481 e. The van der Waals surface area contributed by atoms with Crippen molar-refractivity contribution >= 4 is 5.91 Å². The predicted molar refractivity (Wildman–Crippen MR) is 68.2 cm³/mol. The first kappa shape index (κ1) is 13.8. The fraction of sp³-hybridized carbons (Fsp3) is 0.500. The second-order valence-corrected chi connectivity index (χ2v) is 4.65. The van der Waals surface area contributed by atoms with Gasteiger partial charge in [-0.25, -0.2) is 4.39 Å². The van der Waals surface area contributed by atoms with Gasteiger partial charge in [-0.3, -0.25) is 4.79 Å². The number of ether oxygens (including phenoxy) is 1. The monoisotopic (exact) mass is 267 g/mol. The molecule has 4 nitrogen and oxygen atoms in total. The number of aliphatic hydroxyl groups is 1. The molecule has 0 radical (unpaired) electrons. The van der Waals surface area contributed by atoms with Crippen LogP contribution in [-0.2, 0) is 11.4 Å². The van der Waals surface area contributed by atoms with Crippen molar-refractivity contribution in [1.29, 1.82) is 0 Å². The van der Waals surface area contributed by atoms with E-state index in [4.69, 9.17) is 9.84 Å². The van der Waals surface area contributed by atoms with Crippen LogP contribution in [0.3, 0.4) is 0 Å². The summed E-state index contributed by atoms with van der Waals surface area (Å²) in [5.74, 6) is -0.620. The minimum Gasteiger partial charge on any atom is -0.481 e. The summed E-state index contributed by atoms with van der Waals surface area (Å²) in [5, 5.41) is 8.87. The van der Waals surface area contributed by atoms with Crippen LogP contribution in [0.1, 0.15) is 24.8 Å².